The van der Waals surface area contributed by atoms with Crippen LogP contribution < -0.4 is 16.0 Å². The third kappa shape index (κ3) is 6.45. The van der Waals surface area contributed by atoms with Gasteiger partial charge in [-0.1, -0.05) is 29.8 Å². The van der Waals surface area contributed by atoms with Crippen molar-refractivity contribution in [1.29, 1.82) is 0 Å². The average molecular weight is 448 g/mol. The number of benzene rings is 1. The molecule has 1 unspecified atom stereocenters. The summed E-state index contributed by atoms with van der Waals surface area (Å²) < 4.78 is 0. The Morgan fingerprint density at radius 3 is 2.60 bits per heavy atom. The molecule has 1 aliphatic rings. The summed E-state index contributed by atoms with van der Waals surface area (Å²) >= 11 is 7.88. The van der Waals surface area contributed by atoms with Crippen LogP contribution in [-0.2, 0) is 0 Å². The quantitative estimate of drug-likeness (QED) is 0.312. The predicted octanol–water partition coefficient (Wildman–Crippen LogP) is 3.52. The molecule has 3 rings (SSSR count). The van der Waals surface area contributed by atoms with Crippen molar-refractivity contribution in [2.45, 2.75) is 25.8 Å². The molecule has 1 aliphatic heterocycles. The Hall–Kier alpha value is -2.09. The van der Waals surface area contributed by atoms with Crippen molar-refractivity contribution in [1.82, 2.24) is 20.9 Å². The average Bonchev–Trinajstić information content (AvgIpc) is 3.46. The minimum Gasteiger partial charge on any atom is -0.357 e. The molecular formula is C22H30ClN5OS. The van der Waals surface area contributed by atoms with Gasteiger partial charge in [0.25, 0.3) is 5.91 Å². The van der Waals surface area contributed by atoms with Crippen LogP contribution in [-0.4, -0.2) is 56.0 Å². The van der Waals surface area contributed by atoms with Gasteiger partial charge in [-0.2, -0.15) is 0 Å². The lowest BCUT2D eigenvalue weighted by atomic mass is 10.2. The lowest BCUT2D eigenvalue weighted by molar-refractivity contribution is 0.0954. The number of thiophene rings is 1. The number of nitrogens with zero attached hydrogens (tertiary/aromatic N) is 2. The zero-order valence-corrected chi connectivity index (χ0v) is 18.9. The third-order valence-corrected chi connectivity index (χ3v) is 6.34. The highest BCUT2D eigenvalue weighted by molar-refractivity contribution is 7.10. The van der Waals surface area contributed by atoms with Crippen LogP contribution >= 0.6 is 22.9 Å². The summed E-state index contributed by atoms with van der Waals surface area (Å²) in [5.74, 6) is 0.598. The molecule has 2 aromatic rings. The Bertz CT molecular complexity index is 821. The number of rotatable bonds is 9. The lowest BCUT2D eigenvalue weighted by Gasteiger charge is -2.25. The Labute approximate surface area is 187 Å². The first kappa shape index (κ1) is 22.6. The second kappa shape index (κ2) is 11.9. The van der Waals surface area contributed by atoms with Crippen LogP contribution in [0.5, 0.6) is 0 Å². The summed E-state index contributed by atoms with van der Waals surface area (Å²) in [6.45, 7) is 6.87. The number of hydrogen-bond donors (Lipinski definition) is 3. The van der Waals surface area contributed by atoms with Crippen LogP contribution in [0.3, 0.4) is 0 Å². The van der Waals surface area contributed by atoms with Crippen LogP contribution in [0.1, 0.15) is 41.0 Å². The molecule has 1 aromatic heterocycles. The van der Waals surface area contributed by atoms with E-state index in [1.165, 1.54) is 17.7 Å². The molecule has 0 aliphatic carbocycles. The van der Waals surface area contributed by atoms with Crippen molar-refractivity contribution < 1.29 is 4.79 Å². The molecule has 162 valence electrons. The fourth-order valence-electron chi connectivity index (χ4n) is 3.54. The number of nitrogens with one attached hydrogen (secondary N) is 3. The number of carbonyl (C=O) groups excluding carboxylic acids is 1. The first-order chi connectivity index (χ1) is 14.7. The van der Waals surface area contributed by atoms with Crippen molar-refractivity contribution in [3.63, 3.8) is 0 Å². The first-order valence-electron chi connectivity index (χ1n) is 10.5. The van der Waals surface area contributed by atoms with Gasteiger partial charge in [0.05, 0.1) is 23.2 Å². The number of amides is 1. The number of hydrogen-bond acceptors (Lipinski definition) is 4. The molecule has 3 N–H and O–H groups in total. The maximum absolute atomic E-state index is 12.3. The van der Waals surface area contributed by atoms with Gasteiger partial charge >= 0.3 is 0 Å². The predicted molar refractivity (Wildman–Crippen MR) is 126 cm³/mol. The summed E-state index contributed by atoms with van der Waals surface area (Å²) in [6.07, 6.45) is 2.52. The molecule has 30 heavy (non-hydrogen) atoms. The van der Waals surface area contributed by atoms with E-state index in [0.717, 1.165) is 25.6 Å². The number of aliphatic imine (C=N–C) groups is 1. The van der Waals surface area contributed by atoms with Gasteiger partial charge in [-0.25, -0.2) is 0 Å². The zero-order chi connectivity index (χ0) is 21.2. The Morgan fingerprint density at radius 1 is 1.13 bits per heavy atom. The van der Waals surface area contributed by atoms with E-state index < -0.39 is 0 Å². The van der Waals surface area contributed by atoms with Crippen molar-refractivity contribution in [3.05, 3.63) is 57.2 Å². The Balaban J connectivity index is 1.52. The van der Waals surface area contributed by atoms with E-state index in [9.17, 15) is 4.79 Å². The number of carbonyl (C=O) groups is 1. The van der Waals surface area contributed by atoms with E-state index in [1.54, 1.807) is 29.5 Å². The molecule has 1 saturated heterocycles. The minimum atomic E-state index is -0.170. The SMILES string of the molecule is CCNC(=NCC(c1cccs1)N1CCCC1)NCCNC(=O)c1ccccc1Cl. The summed E-state index contributed by atoms with van der Waals surface area (Å²) in [4.78, 5) is 21.0. The van der Waals surface area contributed by atoms with Gasteiger partial charge in [0.1, 0.15) is 0 Å². The van der Waals surface area contributed by atoms with Gasteiger partial charge in [0.15, 0.2) is 5.96 Å². The van der Waals surface area contributed by atoms with Crippen LogP contribution in [0.25, 0.3) is 0 Å². The second-order valence-corrected chi connectivity index (χ2v) is 8.54. The molecular weight excluding hydrogens is 418 g/mol. The second-order valence-electron chi connectivity index (χ2n) is 7.16. The van der Waals surface area contributed by atoms with Gasteiger partial charge in [-0.05, 0) is 56.4 Å². The standard InChI is InChI=1S/C22H30ClN5OS/c1-2-24-22(26-12-11-25-21(29)17-8-3-4-9-18(17)23)27-16-19(20-10-7-15-30-20)28-13-5-6-14-28/h3-4,7-10,15,19H,2,5-6,11-14,16H2,1H3,(H,25,29)(H2,24,26,27). The molecule has 1 aromatic carbocycles. The van der Waals surface area contributed by atoms with Crippen LogP contribution in [0.15, 0.2) is 46.8 Å². The molecule has 0 saturated carbocycles. The molecule has 1 atom stereocenters. The fraction of sp³-hybridized carbons (Fsp3) is 0.455. The maximum Gasteiger partial charge on any atom is 0.252 e. The molecule has 1 fully saturated rings. The van der Waals surface area contributed by atoms with Gasteiger partial charge < -0.3 is 16.0 Å². The van der Waals surface area contributed by atoms with E-state index in [1.807, 2.05) is 13.0 Å². The van der Waals surface area contributed by atoms with Crippen LogP contribution in [0.4, 0.5) is 0 Å². The van der Waals surface area contributed by atoms with Crippen LogP contribution in [0.2, 0.25) is 5.02 Å². The molecule has 6 nitrogen and oxygen atoms in total. The maximum atomic E-state index is 12.3. The normalized spacial score (nSPS) is 15.7. The first-order valence-corrected chi connectivity index (χ1v) is 11.8. The topological polar surface area (TPSA) is 68.8 Å². The Kier molecular flexibility index (Phi) is 8.99. The number of likely N-dealkylation sites (tertiary alicyclic amines) is 1. The lowest BCUT2D eigenvalue weighted by Crippen LogP contribution is -2.42. The smallest absolute Gasteiger partial charge is 0.252 e. The van der Waals surface area contributed by atoms with Crippen molar-refractivity contribution >= 4 is 34.8 Å². The molecule has 8 heteroatoms. The fourth-order valence-corrected chi connectivity index (χ4v) is 4.61. The van der Waals surface area contributed by atoms with Crippen molar-refractivity contribution in [2.75, 3.05) is 39.3 Å². The zero-order valence-electron chi connectivity index (χ0n) is 17.4. The summed E-state index contributed by atoms with van der Waals surface area (Å²) in [6, 6.07) is 11.7. The van der Waals surface area contributed by atoms with Crippen molar-refractivity contribution in [2.24, 2.45) is 4.99 Å². The van der Waals surface area contributed by atoms with E-state index in [4.69, 9.17) is 16.6 Å². The van der Waals surface area contributed by atoms with E-state index in [2.05, 4.69) is 38.4 Å². The number of guanidine groups is 1. The van der Waals surface area contributed by atoms with E-state index in [0.29, 0.717) is 36.3 Å². The van der Waals surface area contributed by atoms with Crippen LogP contribution in [0, 0.1) is 0 Å². The highest BCUT2D eigenvalue weighted by Gasteiger charge is 2.24. The van der Waals surface area contributed by atoms with E-state index >= 15 is 0 Å². The molecule has 0 spiro atoms. The monoisotopic (exact) mass is 447 g/mol. The van der Waals surface area contributed by atoms with Gasteiger partial charge in [-0.3, -0.25) is 14.7 Å². The Morgan fingerprint density at radius 2 is 1.90 bits per heavy atom. The summed E-state index contributed by atoms with van der Waals surface area (Å²) in [5.41, 5.74) is 0.490. The molecule has 0 radical (unpaired) electrons. The van der Waals surface area contributed by atoms with Gasteiger partial charge in [0, 0.05) is 24.5 Å². The largest absolute Gasteiger partial charge is 0.357 e. The third-order valence-electron chi connectivity index (χ3n) is 5.04. The van der Waals surface area contributed by atoms with Gasteiger partial charge in [0.2, 0.25) is 0 Å². The highest BCUT2D eigenvalue weighted by Crippen LogP contribution is 2.28. The summed E-state index contributed by atoms with van der Waals surface area (Å²) in [7, 11) is 0. The van der Waals surface area contributed by atoms with Crippen molar-refractivity contribution in [3.8, 4) is 0 Å². The van der Waals surface area contributed by atoms with E-state index in [-0.39, 0.29) is 5.91 Å². The number of halogens is 1. The minimum absolute atomic E-state index is 0.170. The molecule has 0 bridgehead atoms. The molecule has 1 amide bonds. The molecule has 2 heterocycles. The highest BCUT2D eigenvalue weighted by atomic mass is 35.5. The summed E-state index contributed by atoms with van der Waals surface area (Å²) in [5, 5.41) is 12.1. The van der Waals surface area contributed by atoms with Gasteiger partial charge in [-0.15, -0.1) is 11.3 Å².